The fourth-order valence-corrected chi connectivity index (χ4v) is 2.86. The van der Waals surface area contributed by atoms with Crippen molar-refractivity contribution in [1.29, 1.82) is 0 Å². The van der Waals surface area contributed by atoms with Crippen molar-refractivity contribution in [2.45, 2.75) is 31.5 Å². The highest BCUT2D eigenvalue weighted by molar-refractivity contribution is 5.92. The number of nitrogens with one attached hydrogen (secondary N) is 3. The number of carbonyl (C=O) groups excluding carboxylic acids is 4. The number of hydrogen-bond acceptors (Lipinski definition) is 6. The van der Waals surface area contributed by atoms with Crippen LogP contribution in [0, 0.1) is 0 Å². The van der Waals surface area contributed by atoms with E-state index in [9.17, 15) is 19.2 Å². The van der Waals surface area contributed by atoms with Gasteiger partial charge < -0.3 is 32.2 Å². The van der Waals surface area contributed by atoms with Crippen molar-refractivity contribution in [3.05, 3.63) is 71.8 Å². The second kappa shape index (κ2) is 13.5. The van der Waals surface area contributed by atoms with Crippen molar-refractivity contribution in [1.82, 2.24) is 16.0 Å². The van der Waals surface area contributed by atoms with Crippen molar-refractivity contribution in [2.24, 2.45) is 11.5 Å². The summed E-state index contributed by atoms with van der Waals surface area (Å²) in [6, 6.07) is 16.3. The maximum Gasteiger partial charge on any atom is 0.407 e. The van der Waals surface area contributed by atoms with Crippen LogP contribution in [0.3, 0.4) is 0 Å². The van der Waals surface area contributed by atoms with Gasteiger partial charge in [-0.1, -0.05) is 60.7 Å². The highest BCUT2D eigenvalue weighted by atomic mass is 16.5. The zero-order valence-corrected chi connectivity index (χ0v) is 18.2. The van der Waals surface area contributed by atoms with E-state index in [2.05, 4.69) is 16.0 Å². The van der Waals surface area contributed by atoms with Gasteiger partial charge in [0.2, 0.25) is 17.7 Å². The number of benzene rings is 2. The van der Waals surface area contributed by atoms with Crippen LogP contribution < -0.4 is 27.4 Å². The van der Waals surface area contributed by atoms with Gasteiger partial charge in [0.25, 0.3) is 0 Å². The van der Waals surface area contributed by atoms with Gasteiger partial charge in [-0.05, 0) is 17.5 Å². The monoisotopic (exact) mass is 455 g/mol. The van der Waals surface area contributed by atoms with Crippen LogP contribution >= 0.6 is 0 Å². The van der Waals surface area contributed by atoms with Crippen molar-refractivity contribution in [3.8, 4) is 0 Å². The standard InChI is InChI=1S/C23H29N5O5/c24-18(13-16-7-3-1-4-8-16)22(31)28-19(21(25)30)14-20(29)26-11-12-27-23(32)33-15-17-9-5-2-6-10-17/h1-10,18-19H,11-15,24H2,(H2,25,30)(H,26,29)(H,27,32)(H,28,31)/t18-,19-/m0/s1. The summed E-state index contributed by atoms with van der Waals surface area (Å²) in [5.41, 5.74) is 12.9. The van der Waals surface area contributed by atoms with Gasteiger partial charge in [0.1, 0.15) is 12.6 Å². The molecule has 0 unspecified atom stereocenters. The van der Waals surface area contributed by atoms with Gasteiger partial charge in [0.05, 0.1) is 12.5 Å². The molecule has 0 aliphatic heterocycles. The first kappa shape index (κ1) is 25.3. The van der Waals surface area contributed by atoms with Gasteiger partial charge in [-0.15, -0.1) is 0 Å². The molecule has 0 heterocycles. The van der Waals surface area contributed by atoms with Crippen molar-refractivity contribution in [3.63, 3.8) is 0 Å². The van der Waals surface area contributed by atoms with E-state index in [4.69, 9.17) is 16.2 Å². The zero-order chi connectivity index (χ0) is 24.1. The average molecular weight is 456 g/mol. The summed E-state index contributed by atoms with van der Waals surface area (Å²) in [7, 11) is 0. The highest BCUT2D eigenvalue weighted by Gasteiger charge is 2.24. The second-order valence-corrected chi connectivity index (χ2v) is 7.30. The molecule has 0 radical (unpaired) electrons. The first-order chi connectivity index (χ1) is 15.8. The van der Waals surface area contributed by atoms with E-state index in [1.165, 1.54) is 0 Å². The van der Waals surface area contributed by atoms with Gasteiger partial charge in [-0.3, -0.25) is 14.4 Å². The molecule has 4 amide bonds. The molecule has 0 saturated heterocycles. The fraction of sp³-hybridized carbons (Fsp3) is 0.304. The summed E-state index contributed by atoms with van der Waals surface area (Å²) in [5.74, 6) is -1.96. The Morgan fingerprint density at radius 1 is 0.848 bits per heavy atom. The molecule has 0 aliphatic rings. The third-order valence-corrected chi connectivity index (χ3v) is 4.61. The van der Waals surface area contributed by atoms with Gasteiger partial charge in [0.15, 0.2) is 0 Å². The molecule has 2 atom stereocenters. The molecule has 0 saturated carbocycles. The van der Waals surface area contributed by atoms with Crippen LogP contribution in [-0.4, -0.2) is 49.0 Å². The van der Waals surface area contributed by atoms with Gasteiger partial charge in [0, 0.05) is 13.1 Å². The predicted molar refractivity (Wildman–Crippen MR) is 122 cm³/mol. The fourth-order valence-electron chi connectivity index (χ4n) is 2.86. The molecule has 0 spiro atoms. The molecule has 2 aromatic rings. The van der Waals surface area contributed by atoms with Crippen LogP contribution in [0.4, 0.5) is 4.79 Å². The number of ether oxygens (including phenoxy) is 1. The summed E-state index contributed by atoms with van der Waals surface area (Å²) in [6.07, 6.45) is -0.698. The normalized spacial score (nSPS) is 12.2. The minimum atomic E-state index is -1.21. The van der Waals surface area contributed by atoms with Crippen LogP contribution in [0.2, 0.25) is 0 Å². The Bertz CT molecular complexity index is 923. The van der Waals surface area contributed by atoms with Crippen LogP contribution in [0.5, 0.6) is 0 Å². The van der Waals surface area contributed by atoms with E-state index < -0.39 is 35.9 Å². The van der Waals surface area contributed by atoms with Gasteiger partial charge in [-0.2, -0.15) is 0 Å². The predicted octanol–water partition coefficient (Wildman–Crippen LogP) is -0.0408. The van der Waals surface area contributed by atoms with E-state index >= 15 is 0 Å². The number of alkyl carbamates (subject to hydrolysis) is 1. The van der Waals surface area contributed by atoms with E-state index in [-0.39, 0.29) is 32.5 Å². The van der Waals surface area contributed by atoms with Crippen LogP contribution in [0.25, 0.3) is 0 Å². The number of nitrogens with two attached hydrogens (primary N) is 2. The molecule has 0 aromatic heterocycles. The maximum absolute atomic E-state index is 12.3. The number of hydrogen-bond donors (Lipinski definition) is 5. The molecule has 0 aliphatic carbocycles. The van der Waals surface area contributed by atoms with Crippen molar-refractivity contribution >= 4 is 23.8 Å². The first-order valence-corrected chi connectivity index (χ1v) is 10.5. The Kier molecular flexibility index (Phi) is 10.4. The second-order valence-electron chi connectivity index (χ2n) is 7.30. The Balaban J connectivity index is 1.67. The lowest BCUT2D eigenvalue weighted by molar-refractivity contribution is -0.130. The lowest BCUT2D eigenvalue weighted by atomic mass is 10.1. The largest absolute Gasteiger partial charge is 0.445 e. The summed E-state index contributed by atoms with van der Waals surface area (Å²) in [4.78, 5) is 47.8. The number of primary amides is 1. The summed E-state index contributed by atoms with van der Waals surface area (Å²) < 4.78 is 5.06. The van der Waals surface area contributed by atoms with E-state index in [1.807, 2.05) is 60.7 Å². The first-order valence-electron chi connectivity index (χ1n) is 10.5. The molecule has 176 valence electrons. The molecule has 2 rings (SSSR count). The molecule has 10 nitrogen and oxygen atoms in total. The molecular formula is C23H29N5O5. The van der Waals surface area contributed by atoms with Crippen molar-refractivity contribution < 1.29 is 23.9 Å². The Morgan fingerprint density at radius 3 is 2.03 bits per heavy atom. The summed E-state index contributed by atoms with van der Waals surface area (Å²) in [6.45, 7) is 0.354. The maximum atomic E-state index is 12.3. The minimum Gasteiger partial charge on any atom is -0.445 e. The van der Waals surface area contributed by atoms with Crippen molar-refractivity contribution in [2.75, 3.05) is 13.1 Å². The number of amides is 4. The quantitative estimate of drug-likeness (QED) is 0.282. The van der Waals surface area contributed by atoms with E-state index in [0.717, 1.165) is 11.1 Å². The molecule has 33 heavy (non-hydrogen) atoms. The Hall–Kier alpha value is -3.92. The zero-order valence-electron chi connectivity index (χ0n) is 18.2. The average Bonchev–Trinajstić information content (AvgIpc) is 2.81. The van der Waals surface area contributed by atoms with E-state index in [0.29, 0.717) is 0 Å². The van der Waals surface area contributed by atoms with Crippen LogP contribution in [0.15, 0.2) is 60.7 Å². The number of carbonyl (C=O) groups is 4. The van der Waals surface area contributed by atoms with Gasteiger partial charge in [-0.25, -0.2) is 4.79 Å². The molecule has 2 aromatic carbocycles. The van der Waals surface area contributed by atoms with Crippen LogP contribution in [-0.2, 0) is 32.1 Å². The number of rotatable bonds is 12. The molecule has 7 N–H and O–H groups in total. The van der Waals surface area contributed by atoms with Gasteiger partial charge >= 0.3 is 6.09 Å². The Labute approximate surface area is 192 Å². The minimum absolute atomic E-state index is 0.103. The third kappa shape index (κ3) is 9.83. The summed E-state index contributed by atoms with van der Waals surface area (Å²) >= 11 is 0. The summed E-state index contributed by atoms with van der Waals surface area (Å²) in [5, 5.41) is 7.46. The highest BCUT2D eigenvalue weighted by Crippen LogP contribution is 2.03. The van der Waals surface area contributed by atoms with Crippen LogP contribution in [0.1, 0.15) is 17.5 Å². The molecule has 10 heteroatoms. The smallest absolute Gasteiger partial charge is 0.407 e. The lowest BCUT2D eigenvalue weighted by Crippen LogP contribution is -2.52. The molecule has 0 fully saturated rings. The van der Waals surface area contributed by atoms with E-state index in [1.54, 1.807) is 0 Å². The topological polar surface area (TPSA) is 166 Å². The third-order valence-electron chi connectivity index (χ3n) is 4.61. The SMILES string of the molecule is NC(=O)[C@H](CC(=O)NCCNC(=O)OCc1ccccc1)NC(=O)[C@@H](N)Cc1ccccc1. The Morgan fingerprint density at radius 2 is 1.42 bits per heavy atom. The lowest BCUT2D eigenvalue weighted by Gasteiger charge is -2.18. The molecular weight excluding hydrogens is 426 g/mol. The molecule has 0 bridgehead atoms.